The van der Waals surface area contributed by atoms with Crippen LogP contribution >= 0.6 is 0 Å². The molecule has 0 saturated carbocycles. The highest BCUT2D eigenvalue weighted by atomic mass is 15.3. The van der Waals surface area contributed by atoms with Crippen molar-refractivity contribution in [3.05, 3.63) is 12.4 Å². The number of nitrogens with one attached hydrogen (secondary N) is 1. The zero-order valence-electron chi connectivity index (χ0n) is 9.89. The monoisotopic (exact) mass is 220 g/mol. The normalized spacial score (nSPS) is 30.3. The molecule has 2 aliphatic heterocycles. The van der Waals surface area contributed by atoms with Gasteiger partial charge in [0, 0.05) is 38.1 Å². The van der Waals surface area contributed by atoms with E-state index in [1.165, 1.54) is 38.8 Å². The van der Waals surface area contributed by atoms with Crippen LogP contribution in [0, 0.1) is 0 Å². The van der Waals surface area contributed by atoms with Crippen LogP contribution < -0.4 is 5.32 Å². The topological polar surface area (TPSA) is 33.1 Å². The summed E-state index contributed by atoms with van der Waals surface area (Å²) in [6, 6.07) is 1.34. The summed E-state index contributed by atoms with van der Waals surface area (Å²) >= 11 is 0. The molecule has 4 heteroatoms. The van der Waals surface area contributed by atoms with E-state index in [4.69, 9.17) is 0 Å². The van der Waals surface area contributed by atoms with Gasteiger partial charge in [-0.2, -0.15) is 0 Å². The second-order valence-electron chi connectivity index (χ2n) is 5.00. The van der Waals surface area contributed by atoms with Gasteiger partial charge in [0.2, 0.25) is 5.95 Å². The van der Waals surface area contributed by atoms with Crippen LogP contribution in [0.3, 0.4) is 0 Å². The Kier molecular flexibility index (Phi) is 2.59. The van der Waals surface area contributed by atoms with Crippen molar-refractivity contribution < 1.29 is 0 Å². The smallest absolute Gasteiger partial charge is 0.202 e. The Bertz CT molecular complexity index is 360. The van der Waals surface area contributed by atoms with Crippen LogP contribution in [0.1, 0.15) is 25.7 Å². The minimum atomic E-state index is 0.599. The van der Waals surface area contributed by atoms with Gasteiger partial charge in [-0.15, -0.1) is 0 Å². The predicted octanol–water partition coefficient (Wildman–Crippen LogP) is 1.46. The molecule has 0 aliphatic carbocycles. The summed E-state index contributed by atoms with van der Waals surface area (Å²) in [6.45, 7) is 2.55. The van der Waals surface area contributed by atoms with Gasteiger partial charge in [-0.25, -0.2) is 4.98 Å². The standard InChI is InChI=1S/C12H20N4/c1-15-9-6-13-12(15)14-10-5-8-16-7-3-2-4-11(10)16/h6,9-11H,2-5,7-8H2,1H3,(H,13,14). The first kappa shape index (κ1) is 10.1. The summed E-state index contributed by atoms with van der Waals surface area (Å²) in [4.78, 5) is 6.99. The van der Waals surface area contributed by atoms with E-state index in [0.29, 0.717) is 6.04 Å². The van der Waals surface area contributed by atoms with Crippen molar-refractivity contribution in [1.82, 2.24) is 14.5 Å². The molecule has 0 aromatic carbocycles. The van der Waals surface area contributed by atoms with Crippen LogP contribution in [0.15, 0.2) is 12.4 Å². The van der Waals surface area contributed by atoms with E-state index in [-0.39, 0.29) is 0 Å². The van der Waals surface area contributed by atoms with Gasteiger partial charge in [0.1, 0.15) is 0 Å². The first-order valence-electron chi connectivity index (χ1n) is 6.32. The molecule has 2 aliphatic rings. The van der Waals surface area contributed by atoms with Crippen molar-refractivity contribution in [2.75, 3.05) is 18.4 Å². The molecule has 4 nitrogen and oxygen atoms in total. The summed E-state index contributed by atoms with van der Waals surface area (Å²) in [5.41, 5.74) is 0. The van der Waals surface area contributed by atoms with Crippen molar-refractivity contribution in [2.45, 2.75) is 37.8 Å². The number of nitrogens with zero attached hydrogens (tertiary/aromatic N) is 3. The van der Waals surface area contributed by atoms with E-state index in [2.05, 4.69) is 19.8 Å². The maximum atomic E-state index is 4.35. The van der Waals surface area contributed by atoms with Gasteiger partial charge in [0.05, 0.1) is 0 Å². The number of fused-ring (bicyclic) bond motifs is 1. The van der Waals surface area contributed by atoms with E-state index in [1.807, 2.05) is 19.4 Å². The molecular weight excluding hydrogens is 200 g/mol. The third kappa shape index (κ3) is 1.71. The molecule has 0 bridgehead atoms. The molecule has 2 saturated heterocycles. The van der Waals surface area contributed by atoms with Gasteiger partial charge in [0.25, 0.3) is 0 Å². The van der Waals surface area contributed by atoms with Crippen molar-refractivity contribution in [2.24, 2.45) is 7.05 Å². The number of piperidine rings is 1. The molecule has 0 radical (unpaired) electrons. The van der Waals surface area contributed by atoms with Crippen LogP contribution in [0.4, 0.5) is 5.95 Å². The van der Waals surface area contributed by atoms with Crippen molar-refractivity contribution in [3.8, 4) is 0 Å². The quantitative estimate of drug-likeness (QED) is 0.819. The lowest BCUT2D eigenvalue weighted by atomic mass is 9.99. The molecule has 2 atom stereocenters. The van der Waals surface area contributed by atoms with Gasteiger partial charge >= 0.3 is 0 Å². The first-order valence-corrected chi connectivity index (χ1v) is 6.32. The number of aromatic nitrogens is 2. The van der Waals surface area contributed by atoms with Crippen molar-refractivity contribution >= 4 is 5.95 Å². The molecular formula is C12H20N4. The predicted molar refractivity (Wildman–Crippen MR) is 64.4 cm³/mol. The molecule has 2 fully saturated rings. The number of imidazole rings is 1. The summed E-state index contributed by atoms with van der Waals surface area (Å²) in [5.74, 6) is 1.01. The minimum absolute atomic E-state index is 0.599. The lowest BCUT2D eigenvalue weighted by Crippen LogP contribution is -2.42. The van der Waals surface area contributed by atoms with Gasteiger partial charge in [-0.3, -0.25) is 4.90 Å². The Morgan fingerprint density at radius 3 is 3.06 bits per heavy atom. The Hall–Kier alpha value is -1.03. The Morgan fingerprint density at radius 1 is 1.31 bits per heavy atom. The van der Waals surface area contributed by atoms with Crippen LogP contribution in [-0.2, 0) is 7.05 Å². The summed E-state index contributed by atoms with van der Waals surface area (Å²) in [6.07, 6.45) is 9.23. The van der Waals surface area contributed by atoms with E-state index < -0.39 is 0 Å². The number of rotatable bonds is 2. The number of hydrogen-bond acceptors (Lipinski definition) is 3. The fourth-order valence-corrected chi connectivity index (χ4v) is 3.09. The molecule has 88 valence electrons. The molecule has 16 heavy (non-hydrogen) atoms. The average Bonchev–Trinajstić information content (AvgIpc) is 2.88. The molecule has 1 aromatic rings. The highest BCUT2D eigenvalue weighted by molar-refractivity contribution is 5.29. The van der Waals surface area contributed by atoms with Gasteiger partial charge in [-0.05, 0) is 25.8 Å². The lowest BCUT2D eigenvalue weighted by Gasteiger charge is -2.32. The van der Waals surface area contributed by atoms with Gasteiger partial charge < -0.3 is 9.88 Å². The molecule has 2 unspecified atom stereocenters. The number of hydrogen-bond donors (Lipinski definition) is 1. The van der Waals surface area contributed by atoms with E-state index in [1.54, 1.807) is 0 Å². The van der Waals surface area contributed by atoms with E-state index in [0.717, 1.165) is 12.0 Å². The van der Waals surface area contributed by atoms with Crippen molar-refractivity contribution in [3.63, 3.8) is 0 Å². The lowest BCUT2D eigenvalue weighted by molar-refractivity contribution is 0.192. The molecule has 1 aromatic heterocycles. The fourth-order valence-electron chi connectivity index (χ4n) is 3.09. The molecule has 3 heterocycles. The maximum absolute atomic E-state index is 4.35. The highest BCUT2D eigenvalue weighted by Crippen LogP contribution is 2.28. The second kappa shape index (κ2) is 4.09. The zero-order chi connectivity index (χ0) is 11.0. The summed E-state index contributed by atoms with van der Waals surface area (Å²) in [5, 5.41) is 3.60. The SMILES string of the molecule is Cn1ccnc1NC1CCN2CCCCC12. The van der Waals surface area contributed by atoms with E-state index >= 15 is 0 Å². The number of anilines is 1. The Labute approximate surface area is 96.7 Å². The van der Waals surface area contributed by atoms with Crippen LogP contribution in [-0.4, -0.2) is 39.6 Å². The number of aryl methyl sites for hydroxylation is 1. The fraction of sp³-hybridized carbons (Fsp3) is 0.750. The second-order valence-corrected chi connectivity index (χ2v) is 5.00. The summed E-state index contributed by atoms with van der Waals surface area (Å²) in [7, 11) is 2.04. The molecule has 1 N–H and O–H groups in total. The first-order chi connectivity index (χ1) is 7.84. The maximum Gasteiger partial charge on any atom is 0.202 e. The highest BCUT2D eigenvalue weighted by Gasteiger charge is 2.35. The van der Waals surface area contributed by atoms with E-state index in [9.17, 15) is 0 Å². The molecule has 0 spiro atoms. The van der Waals surface area contributed by atoms with Crippen LogP contribution in [0.5, 0.6) is 0 Å². The Balaban J connectivity index is 1.69. The minimum Gasteiger partial charge on any atom is -0.351 e. The third-order valence-electron chi connectivity index (χ3n) is 3.99. The average molecular weight is 220 g/mol. The molecule has 3 rings (SSSR count). The van der Waals surface area contributed by atoms with Gasteiger partial charge in [0.15, 0.2) is 0 Å². The summed E-state index contributed by atoms with van der Waals surface area (Å²) < 4.78 is 2.06. The van der Waals surface area contributed by atoms with Crippen LogP contribution in [0.25, 0.3) is 0 Å². The van der Waals surface area contributed by atoms with Crippen molar-refractivity contribution in [1.29, 1.82) is 0 Å². The largest absolute Gasteiger partial charge is 0.351 e. The third-order valence-corrected chi connectivity index (χ3v) is 3.99. The van der Waals surface area contributed by atoms with Gasteiger partial charge in [-0.1, -0.05) is 6.42 Å². The molecule has 0 amide bonds. The Morgan fingerprint density at radius 2 is 2.25 bits per heavy atom. The zero-order valence-corrected chi connectivity index (χ0v) is 9.89. The van der Waals surface area contributed by atoms with Crippen LogP contribution in [0.2, 0.25) is 0 Å².